The second kappa shape index (κ2) is 8.11. The Kier molecular flexibility index (Phi) is 5.58. The number of methoxy groups -OCH3 is 1. The fourth-order valence-corrected chi connectivity index (χ4v) is 4.82. The molecule has 2 heterocycles. The molecule has 5 heteroatoms. The van der Waals surface area contributed by atoms with Crippen LogP contribution in [0, 0.1) is 6.92 Å². The molecule has 0 unspecified atom stereocenters. The first-order valence-electron chi connectivity index (χ1n) is 10.1. The van der Waals surface area contributed by atoms with Crippen LogP contribution in [0.1, 0.15) is 40.6 Å². The molecule has 0 aliphatic carbocycles. The van der Waals surface area contributed by atoms with E-state index >= 15 is 0 Å². The van der Waals surface area contributed by atoms with Crippen molar-refractivity contribution in [2.45, 2.75) is 37.8 Å². The second-order valence-electron chi connectivity index (χ2n) is 7.92. The number of hydrogen-bond acceptors (Lipinski definition) is 5. The first kappa shape index (κ1) is 19.2. The molecule has 0 radical (unpaired) electrons. The van der Waals surface area contributed by atoms with Gasteiger partial charge in [-0.3, -0.25) is 4.90 Å². The van der Waals surface area contributed by atoms with E-state index < -0.39 is 0 Å². The summed E-state index contributed by atoms with van der Waals surface area (Å²) in [6.45, 7) is 4.36. The summed E-state index contributed by atoms with van der Waals surface area (Å²) >= 11 is 0. The zero-order valence-corrected chi connectivity index (χ0v) is 16.7. The Balaban J connectivity index is 1.63. The Bertz CT molecular complexity index is 839. The quantitative estimate of drug-likeness (QED) is 0.832. The number of fused-ring (bicyclic) bond motifs is 3. The number of aliphatic hydroxyl groups is 1. The summed E-state index contributed by atoms with van der Waals surface area (Å²) in [7, 11) is 1.66. The van der Waals surface area contributed by atoms with E-state index in [0.29, 0.717) is 12.0 Å². The van der Waals surface area contributed by atoms with Crippen molar-refractivity contribution in [1.82, 2.24) is 4.90 Å². The highest BCUT2D eigenvalue weighted by Gasteiger charge is 2.39. The van der Waals surface area contributed by atoms with Crippen LogP contribution in [-0.4, -0.2) is 49.5 Å². The molecule has 0 amide bonds. The highest BCUT2D eigenvalue weighted by molar-refractivity contribution is 5.53. The number of aryl methyl sites for hydroxylation is 1. The third kappa shape index (κ3) is 3.50. The van der Waals surface area contributed by atoms with Gasteiger partial charge < -0.3 is 20.3 Å². The fourth-order valence-electron chi connectivity index (χ4n) is 4.82. The number of ether oxygens (including phenoxy) is 2. The number of aliphatic hydroxyl groups excluding tert-OH is 1. The Labute approximate surface area is 167 Å². The van der Waals surface area contributed by atoms with Gasteiger partial charge in [-0.05, 0) is 37.0 Å². The van der Waals surface area contributed by atoms with Gasteiger partial charge >= 0.3 is 0 Å². The zero-order valence-electron chi connectivity index (χ0n) is 16.7. The van der Waals surface area contributed by atoms with Crippen LogP contribution in [-0.2, 0) is 6.42 Å². The van der Waals surface area contributed by atoms with E-state index in [4.69, 9.17) is 15.2 Å². The highest BCUT2D eigenvalue weighted by Crippen LogP contribution is 2.45. The molecular formula is C23H30N2O3. The van der Waals surface area contributed by atoms with Gasteiger partial charge in [0.2, 0.25) is 0 Å². The standard InChI is InChI=1S/C23H30N2O3/c1-15-4-3-5-16(12-15)19-14-25-9-8-18-17(21(25)13-20(19)24)6-7-22(27-2)23(18)28-11-10-26/h3-7,12,19-21,26H,8-11,13-14,24H2,1-2H3/t19-,20+,21+/m0/s1. The lowest BCUT2D eigenvalue weighted by molar-refractivity contribution is 0.108. The first-order valence-corrected chi connectivity index (χ1v) is 10.1. The molecule has 2 aromatic rings. The van der Waals surface area contributed by atoms with Crippen molar-refractivity contribution in [1.29, 1.82) is 0 Å². The highest BCUT2D eigenvalue weighted by atomic mass is 16.5. The van der Waals surface area contributed by atoms with Crippen molar-refractivity contribution in [2.75, 3.05) is 33.4 Å². The number of nitrogens with zero attached hydrogens (tertiary/aromatic N) is 1. The summed E-state index contributed by atoms with van der Waals surface area (Å²) in [5, 5.41) is 9.18. The van der Waals surface area contributed by atoms with Crippen LogP contribution in [0.3, 0.4) is 0 Å². The van der Waals surface area contributed by atoms with E-state index in [9.17, 15) is 5.11 Å². The van der Waals surface area contributed by atoms with Gasteiger partial charge in [-0.1, -0.05) is 35.9 Å². The minimum absolute atomic E-state index is 0.00851. The van der Waals surface area contributed by atoms with Crippen LogP contribution in [0.25, 0.3) is 0 Å². The van der Waals surface area contributed by atoms with E-state index in [2.05, 4.69) is 42.2 Å². The molecule has 0 bridgehead atoms. The van der Waals surface area contributed by atoms with Gasteiger partial charge in [-0.25, -0.2) is 0 Å². The average Bonchev–Trinajstić information content (AvgIpc) is 2.71. The largest absolute Gasteiger partial charge is 0.493 e. The fraction of sp³-hybridized carbons (Fsp3) is 0.478. The van der Waals surface area contributed by atoms with Crippen molar-refractivity contribution in [3.05, 3.63) is 58.7 Å². The van der Waals surface area contributed by atoms with E-state index in [1.165, 1.54) is 22.3 Å². The second-order valence-corrected chi connectivity index (χ2v) is 7.92. The van der Waals surface area contributed by atoms with Crippen LogP contribution in [0.4, 0.5) is 0 Å². The zero-order chi connectivity index (χ0) is 19.7. The van der Waals surface area contributed by atoms with Gasteiger partial charge in [0.1, 0.15) is 6.61 Å². The number of rotatable bonds is 5. The lowest BCUT2D eigenvalue weighted by Gasteiger charge is -2.46. The molecule has 0 aromatic heterocycles. The van der Waals surface area contributed by atoms with Crippen molar-refractivity contribution in [3.8, 4) is 11.5 Å². The van der Waals surface area contributed by atoms with E-state index in [1.54, 1.807) is 7.11 Å². The lowest BCUT2D eigenvalue weighted by Crippen LogP contribution is -2.49. The minimum atomic E-state index is -0.00851. The molecule has 0 spiro atoms. The Morgan fingerprint density at radius 1 is 1.25 bits per heavy atom. The topological polar surface area (TPSA) is 68.0 Å². The maximum absolute atomic E-state index is 9.18. The SMILES string of the molecule is COc1ccc2c(c1OCCO)CCN1C[C@@H](c3cccc(C)c3)[C@H](N)C[C@H]21. The van der Waals surface area contributed by atoms with Gasteiger partial charge in [-0.15, -0.1) is 0 Å². The molecule has 3 N–H and O–H groups in total. The first-order chi connectivity index (χ1) is 13.6. The van der Waals surface area contributed by atoms with Crippen LogP contribution in [0.5, 0.6) is 11.5 Å². The Morgan fingerprint density at radius 3 is 2.86 bits per heavy atom. The predicted molar refractivity (Wildman–Crippen MR) is 110 cm³/mol. The third-order valence-corrected chi connectivity index (χ3v) is 6.18. The molecule has 2 aliphatic rings. The third-order valence-electron chi connectivity index (χ3n) is 6.18. The summed E-state index contributed by atoms with van der Waals surface area (Å²) in [6.07, 6.45) is 1.84. The Morgan fingerprint density at radius 2 is 2.11 bits per heavy atom. The van der Waals surface area contributed by atoms with Gasteiger partial charge in [0.15, 0.2) is 11.5 Å². The number of hydrogen-bond donors (Lipinski definition) is 2. The molecule has 3 atom stereocenters. The van der Waals surface area contributed by atoms with Crippen LogP contribution in [0.2, 0.25) is 0 Å². The molecule has 4 rings (SSSR count). The van der Waals surface area contributed by atoms with E-state index in [-0.39, 0.29) is 19.3 Å². The van der Waals surface area contributed by atoms with Crippen LogP contribution in [0.15, 0.2) is 36.4 Å². The summed E-state index contributed by atoms with van der Waals surface area (Å²) < 4.78 is 11.4. The van der Waals surface area contributed by atoms with Crippen molar-refractivity contribution in [3.63, 3.8) is 0 Å². The van der Waals surface area contributed by atoms with Gasteiger partial charge in [0, 0.05) is 36.7 Å². The molecule has 1 saturated heterocycles. The van der Waals surface area contributed by atoms with E-state index in [0.717, 1.165) is 37.4 Å². The summed E-state index contributed by atoms with van der Waals surface area (Å²) in [6, 6.07) is 13.3. The number of benzene rings is 2. The van der Waals surface area contributed by atoms with Gasteiger partial charge in [-0.2, -0.15) is 0 Å². The number of piperidine rings is 1. The lowest BCUT2D eigenvalue weighted by atomic mass is 9.78. The summed E-state index contributed by atoms with van der Waals surface area (Å²) in [4.78, 5) is 2.57. The predicted octanol–water partition coefficient (Wildman–Crippen LogP) is 2.79. The van der Waals surface area contributed by atoms with Gasteiger partial charge in [0.05, 0.1) is 13.7 Å². The maximum atomic E-state index is 9.18. The normalized spacial score (nSPS) is 24.4. The molecule has 150 valence electrons. The molecule has 2 aromatic carbocycles. The molecule has 28 heavy (non-hydrogen) atoms. The molecular weight excluding hydrogens is 352 g/mol. The van der Waals surface area contributed by atoms with Gasteiger partial charge in [0.25, 0.3) is 0 Å². The van der Waals surface area contributed by atoms with Crippen molar-refractivity contribution >= 4 is 0 Å². The smallest absolute Gasteiger partial charge is 0.164 e. The summed E-state index contributed by atoms with van der Waals surface area (Å²) in [5.74, 6) is 1.88. The maximum Gasteiger partial charge on any atom is 0.164 e. The summed E-state index contributed by atoms with van der Waals surface area (Å²) in [5.41, 5.74) is 11.8. The molecule has 0 saturated carbocycles. The average molecular weight is 383 g/mol. The monoisotopic (exact) mass is 382 g/mol. The van der Waals surface area contributed by atoms with Crippen molar-refractivity contribution in [2.24, 2.45) is 5.73 Å². The van der Waals surface area contributed by atoms with Crippen molar-refractivity contribution < 1.29 is 14.6 Å². The molecule has 2 aliphatic heterocycles. The molecule has 5 nitrogen and oxygen atoms in total. The Hall–Kier alpha value is -2.08. The number of nitrogens with two attached hydrogens (primary N) is 1. The van der Waals surface area contributed by atoms with Crippen LogP contribution < -0.4 is 15.2 Å². The molecule has 1 fully saturated rings. The van der Waals surface area contributed by atoms with Crippen LogP contribution >= 0.6 is 0 Å². The van der Waals surface area contributed by atoms with E-state index in [1.807, 2.05) is 6.07 Å². The minimum Gasteiger partial charge on any atom is -0.493 e.